The minimum atomic E-state index is -1.02. The van der Waals surface area contributed by atoms with Crippen LogP contribution in [0.4, 0.5) is 0 Å². The highest BCUT2D eigenvalue weighted by Gasteiger charge is 2.13. The maximum atomic E-state index is 5.67. The van der Waals surface area contributed by atoms with Crippen molar-refractivity contribution in [3.63, 3.8) is 0 Å². The summed E-state index contributed by atoms with van der Waals surface area (Å²) in [6, 6.07) is 3.24. The van der Waals surface area contributed by atoms with Crippen LogP contribution in [0.1, 0.15) is 0 Å². The van der Waals surface area contributed by atoms with Gasteiger partial charge in [-0.1, -0.05) is 19.6 Å². The molecule has 110 valence electrons. The minimum Gasteiger partial charge on any atom is -0.359 e. The van der Waals surface area contributed by atoms with Gasteiger partial charge in [-0.2, -0.15) is 0 Å². The third-order valence-corrected chi connectivity index (χ3v) is 7.10. The molecule has 2 aromatic rings. The number of thiophene rings is 1. The molecule has 0 aromatic carbocycles. The lowest BCUT2D eigenvalue weighted by molar-refractivity contribution is 0.0785. The van der Waals surface area contributed by atoms with Crippen LogP contribution in [-0.4, -0.2) is 29.4 Å². The molecule has 2 aromatic heterocycles. The molecule has 0 unspecified atom stereocenters. The maximum absolute atomic E-state index is 5.67. The average molecular weight is 486 g/mol. The van der Waals surface area contributed by atoms with Crippen molar-refractivity contribution < 1.29 is 4.74 Å². The van der Waals surface area contributed by atoms with E-state index in [1.54, 1.807) is 22.3 Å². The second-order valence-corrected chi connectivity index (χ2v) is 15.1. The standard InChI is InChI=1S/C12H17BrIN3OSSi/c1-20(2,3)5-4-18-8-17-7-15-12(16-17)11-9(13)6-10(14)19-11/h6-7H,4-5,8H2,1-3H3. The summed E-state index contributed by atoms with van der Waals surface area (Å²) >= 11 is 7.52. The van der Waals surface area contributed by atoms with Crippen LogP contribution < -0.4 is 0 Å². The first-order chi connectivity index (χ1) is 9.35. The molecule has 0 atom stereocenters. The summed E-state index contributed by atoms with van der Waals surface area (Å²) in [6.45, 7) is 8.31. The summed E-state index contributed by atoms with van der Waals surface area (Å²) in [6.07, 6.45) is 1.73. The molecule has 0 bridgehead atoms. The second kappa shape index (κ2) is 6.99. The van der Waals surface area contributed by atoms with Crippen LogP contribution in [0.5, 0.6) is 0 Å². The van der Waals surface area contributed by atoms with Gasteiger partial charge in [0.05, 0.1) is 7.76 Å². The molecule has 0 N–H and O–H groups in total. The molecule has 0 fully saturated rings. The van der Waals surface area contributed by atoms with Gasteiger partial charge in [0.15, 0.2) is 5.82 Å². The lowest BCUT2D eigenvalue weighted by Crippen LogP contribution is -2.22. The molecule has 0 aliphatic carbocycles. The molecule has 0 amide bonds. The Balaban J connectivity index is 1.91. The van der Waals surface area contributed by atoms with Crippen molar-refractivity contribution in [1.29, 1.82) is 0 Å². The summed E-state index contributed by atoms with van der Waals surface area (Å²) in [5.41, 5.74) is 0. The molecule has 8 heteroatoms. The van der Waals surface area contributed by atoms with Crippen LogP contribution in [0.15, 0.2) is 16.9 Å². The topological polar surface area (TPSA) is 39.9 Å². The minimum absolute atomic E-state index is 0.470. The van der Waals surface area contributed by atoms with Gasteiger partial charge in [0.25, 0.3) is 0 Å². The highest BCUT2D eigenvalue weighted by atomic mass is 127. The zero-order valence-corrected chi connectivity index (χ0v) is 17.3. The number of rotatable bonds is 6. The molecule has 20 heavy (non-hydrogen) atoms. The van der Waals surface area contributed by atoms with E-state index in [1.165, 1.54) is 8.93 Å². The Morgan fingerprint density at radius 2 is 2.20 bits per heavy atom. The Labute approximate surface area is 146 Å². The predicted octanol–water partition coefficient (Wildman–Crippen LogP) is 4.69. The number of nitrogens with zero attached hydrogens (tertiary/aromatic N) is 3. The molecule has 0 aliphatic rings. The van der Waals surface area contributed by atoms with Crippen LogP contribution in [0.25, 0.3) is 10.7 Å². The van der Waals surface area contributed by atoms with Crippen molar-refractivity contribution >= 4 is 57.9 Å². The summed E-state index contributed by atoms with van der Waals surface area (Å²) in [5, 5.41) is 4.46. The first-order valence-electron chi connectivity index (χ1n) is 6.27. The maximum Gasteiger partial charge on any atom is 0.192 e. The predicted molar refractivity (Wildman–Crippen MR) is 97.9 cm³/mol. The molecule has 2 rings (SSSR count). The van der Waals surface area contributed by atoms with E-state index in [0.717, 1.165) is 21.8 Å². The summed E-state index contributed by atoms with van der Waals surface area (Å²) in [7, 11) is -1.02. The molecule has 2 heterocycles. The SMILES string of the molecule is C[Si](C)(C)CCOCn1cnc(-c2sc(I)cc2Br)n1. The number of ether oxygens (including phenoxy) is 1. The lowest BCUT2D eigenvalue weighted by Gasteiger charge is -2.15. The molecular weight excluding hydrogens is 469 g/mol. The Bertz CT molecular complexity index is 582. The van der Waals surface area contributed by atoms with Crippen molar-refractivity contribution in [2.45, 2.75) is 32.4 Å². The molecular formula is C12H17BrIN3OSSi. The Morgan fingerprint density at radius 1 is 1.45 bits per heavy atom. The molecule has 0 spiro atoms. The van der Waals surface area contributed by atoms with Gasteiger partial charge in [-0.3, -0.25) is 0 Å². The normalized spacial score (nSPS) is 12.1. The summed E-state index contributed by atoms with van der Waals surface area (Å²) < 4.78 is 9.68. The van der Waals surface area contributed by atoms with Gasteiger partial charge >= 0.3 is 0 Å². The van der Waals surface area contributed by atoms with E-state index in [9.17, 15) is 0 Å². The molecule has 0 aliphatic heterocycles. The third kappa shape index (κ3) is 4.90. The molecule has 0 saturated carbocycles. The van der Waals surface area contributed by atoms with E-state index < -0.39 is 8.07 Å². The monoisotopic (exact) mass is 485 g/mol. The number of hydrogen-bond acceptors (Lipinski definition) is 4. The largest absolute Gasteiger partial charge is 0.359 e. The van der Waals surface area contributed by atoms with Gasteiger partial charge in [0.1, 0.15) is 13.1 Å². The quantitative estimate of drug-likeness (QED) is 0.338. The van der Waals surface area contributed by atoms with E-state index >= 15 is 0 Å². The third-order valence-electron chi connectivity index (χ3n) is 2.62. The first-order valence-corrected chi connectivity index (χ1v) is 12.7. The highest BCUT2D eigenvalue weighted by Crippen LogP contribution is 2.35. The number of halogens is 2. The van der Waals surface area contributed by atoms with E-state index in [1.807, 2.05) is 0 Å². The summed E-state index contributed by atoms with van der Waals surface area (Å²) in [5.74, 6) is 0.749. The van der Waals surface area contributed by atoms with Gasteiger partial charge in [-0.05, 0) is 50.6 Å². The van der Waals surface area contributed by atoms with E-state index in [2.05, 4.69) is 74.3 Å². The Kier molecular flexibility index (Phi) is 5.80. The Hall–Kier alpha value is 0.227. The Morgan fingerprint density at radius 3 is 2.80 bits per heavy atom. The van der Waals surface area contributed by atoms with Gasteiger partial charge in [0.2, 0.25) is 0 Å². The zero-order valence-electron chi connectivity index (χ0n) is 11.7. The van der Waals surface area contributed by atoms with Crippen molar-refractivity contribution in [3.8, 4) is 10.7 Å². The van der Waals surface area contributed by atoms with E-state index in [4.69, 9.17) is 4.74 Å². The van der Waals surface area contributed by atoms with Gasteiger partial charge in [-0.15, -0.1) is 16.4 Å². The fourth-order valence-electron chi connectivity index (χ4n) is 1.49. The second-order valence-electron chi connectivity index (χ2n) is 5.68. The van der Waals surface area contributed by atoms with Crippen molar-refractivity contribution in [2.24, 2.45) is 0 Å². The van der Waals surface area contributed by atoms with Gasteiger partial charge in [-0.25, -0.2) is 9.67 Å². The molecule has 0 radical (unpaired) electrons. The molecule has 4 nitrogen and oxygen atoms in total. The first kappa shape index (κ1) is 16.6. The zero-order chi connectivity index (χ0) is 14.8. The fourth-order valence-corrected chi connectivity index (χ4v) is 5.16. The van der Waals surface area contributed by atoms with Crippen LogP contribution in [0, 0.1) is 2.88 Å². The van der Waals surface area contributed by atoms with E-state index in [0.29, 0.717) is 6.73 Å². The van der Waals surface area contributed by atoms with Crippen LogP contribution >= 0.6 is 49.9 Å². The molecule has 0 saturated heterocycles. The van der Waals surface area contributed by atoms with Crippen molar-refractivity contribution in [2.75, 3.05) is 6.61 Å². The lowest BCUT2D eigenvalue weighted by atomic mass is 10.4. The van der Waals surface area contributed by atoms with Crippen LogP contribution in [-0.2, 0) is 11.5 Å². The van der Waals surface area contributed by atoms with Crippen molar-refractivity contribution in [1.82, 2.24) is 14.8 Å². The van der Waals surface area contributed by atoms with Gasteiger partial charge < -0.3 is 4.74 Å². The van der Waals surface area contributed by atoms with Crippen molar-refractivity contribution in [3.05, 3.63) is 19.8 Å². The summed E-state index contributed by atoms with van der Waals surface area (Å²) in [4.78, 5) is 5.41. The fraction of sp³-hybridized carbons (Fsp3) is 0.500. The average Bonchev–Trinajstić information content (AvgIpc) is 2.90. The number of aromatic nitrogens is 3. The van der Waals surface area contributed by atoms with Crippen LogP contribution in [0.2, 0.25) is 25.7 Å². The van der Waals surface area contributed by atoms with Crippen LogP contribution in [0.3, 0.4) is 0 Å². The van der Waals surface area contributed by atoms with E-state index in [-0.39, 0.29) is 0 Å². The smallest absolute Gasteiger partial charge is 0.192 e. The highest BCUT2D eigenvalue weighted by molar-refractivity contribution is 14.1. The van der Waals surface area contributed by atoms with Gasteiger partial charge in [0, 0.05) is 19.2 Å². The number of hydrogen-bond donors (Lipinski definition) is 0.